The normalized spacial score (nSPS) is 11.5. The number of H-pyrrole nitrogens is 1. The van der Waals surface area contributed by atoms with Crippen LogP contribution in [0, 0.1) is 11.3 Å². The molecule has 10 heteroatoms. The van der Waals surface area contributed by atoms with Crippen LogP contribution < -0.4 is 4.74 Å². The van der Waals surface area contributed by atoms with Crippen LogP contribution in [0.15, 0.2) is 55.0 Å². The predicted octanol–water partition coefficient (Wildman–Crippen LogP) is 3.43. The number of rotatable bonds is 6. The van der Waals surface area contributed by atoms with Gasteiger partial charge in [0.2, 0.25) is 0 Å². The van der Waals surface area contributed by atoms with E-state index < -0.39 is 5.60 Å². The van der Waals surface area contributed by atoms with Crippen LogP contribution in [0.25, 0.3) is 33.7 Å². The third kappa shape index (κ3) is 4.20. The second-order valence-corrected chi connectivity index (χ2v) is 8.53. The topological polar surface area (TPSA) is 138 Å². The predicted molar refractivity (Wildman–Crippen MR) is 128 cm³/mol. The van der Waals surface area contributed by atoms with Gasteiger partial charge in [-0.15, -0.1) is 5.10 Å². The average molecular weight is 467 g/mol. The van der Waals surface area contributed by atoms with E-state index in [1.807, 2.05) is 30.5 Å². The summed E-state index contributed by atoms with van der Waals surface area (Å²) in [6.07, 6.45) is 3.39. The Morgan fingerprint density at radius 3 is 2.71 bits per heavy atom. The third-order valence-electron chi connectivity index (χ3n) is 5.58. The van der Waals surface area contributed by atoms with Gasteiger partial charge in [-0.3, -0.25) is 4.98 Å². The molecule has 0 spiro atoms. The Morgan fingerprint density at radius 2 is 1.94 bits per heavy atom. The van der Waals surface area contributed by atoms with Crippen LogP contribution in [-0.4, -0.2) is 47.1 Å². The molecule has 35 heavy (non-hydrogen) atoms. The van der Waals surface area contributed by atoms with E-state index in [4.69, 9.17) is 4.74 Å². The standard InChI is InChI=1S/C25H22N8O2/c1-25(2,34)21-9-5-7-16(29-21)12-33-13-20(31-32-33)18-10-19(30-24-22(18)27-14-28-24)17-8-4-6-15(11-26)23(17)35-3/h4-10,13-14,34H,12H2,1-3H3,(H,27,28,30). The highest BCUT2D eigenvalue weighted by Gasteiger charge is 2.19. The molecule has 5 aromatic rings. The highest BCUT2D eigenvalue weighted by Crippen LogP contribution is 2.35. The summed E-state index contributed by atoms with van der Waals surface area (Å²) in [5, 5.41) is 28.4. The zero-order chi connectivity index (χ0) is 24.6. The number of hydrogen-bond acceptors (Lipinski definition) is 8. The van der Waals surface area contributed by atoms with Gasteiger partial charge in [0, 0.05) is 11.1 Å². The van der Waals surface area contributed by atoms with E-state index in [1.165, 1.54) is 7.11 Å². The second-order valence-electron chi connectivity index (χ2n) is 8.53. The first-order valence-electron chi connectivity index (χ1n) is 10.9. The largest absolute Gasteiger partial charge is 0.495 e. The van der Waals surface area contributed by atoms with E-state index in [1.54, 1.807) is 43.1 Å². The zero-order valence-electron chi connectivity index (χ0n) is 19.4. The molecule has 4 heterocycles. The lowest BCUT2D eigenvalue weighted by atomic mass is 10.0. The van der Waals surface area contributed by atoms with E-state index in [-0.39, 0.29) is 0 Å². The van der Waals surface area contributed by atoms with Gasteiger partial charge in [-0.2, -0.15) is 5.26 Å². The fourth-order valence-electron chi connectivity index (χ4n) is 3.89. The number of fused-ring (bicyclic) bond motifs is 1. The summed E-state index contributed by atoms with van der Waals surface area (Å²) in [4.78, 5) is 16.7. The number of para-hydroxylation sites is 1. The monoisotopic (exact) mass is 466 g/mol. The van der Waals surface area contributed by atoms with Crippen molar-refractivity contribution in [2.24, 2.45) is 0 Å². The number of nitriles is 1. The molecule has 0 atom stereocenters. The first kappa shape index (κ1) is 22.2. The number of methoxy groups -OCH3 is 1. The van der Waals surface area contributed by atoms with Gasteiger partial charge in [0.25, 0.3) is 0 Å². The number of aromatic amines is 1. The van der Waals surface area contributed by atoms with Crippen molar-refractivity contribution in [3.05, 3.63) is 71.9 Å². The fraction of sp³-hybridized carbons (Fsp3) is 0.200. The number of aliphatic hydroxyl groups is 1. The van der Waals surface area contributed by atoms with Gasteiger partial charge in [0.15, 0.2) is 5.65 Å². The van der Waals surface area contributed by atoms with Crippen LogP contribution in [0.5, 0.6) is 5.75 Å². The summed E-state index contributed by atoms with van der Waals surface area (Å²) < 4.78 is 7.20. The molecular formula is C25H22N8O2. The molecule has 0 radical (unpaired) electrons. The van der Waals surface area contributed by atoms with Crippen LogP contribution >= 0.6 is 0 Å². The number of nitrogens with one attached hydrogen (secondary N) is 1. The summed E-state index contributed by atoms with van der Waals surface area (Å²) in [6, 6.07) is 14.9. The Kier molecular flexibility index (Phi) is 5.47. The Labute approximate surface area is 200 Å². The summed E-state index contributed by atoms with van der Waals surface area (Å²) in [7, 11) is 1.53. The molecule has 0 aliphatic heterocycles. The summed E-state index contributed by atoms with van der Waals surface area (Å²) >= 11 is 0. The van der Waals surface area contributed by atoms with E-state index in [0.29, 0.717) is 46.2 Å². The molecule has 0 bridgehead atoms. The number of ether oxygens (including phenoxy) is 1. The van der Waals surface area contributed by atoms with Gasteiger partial charge < -0.3 is 14.8 Å². The lowest BCUT2D eigenvalue weighted by Gasteiger charge is -2.17. The third-order valence-corrected chi connectivity index (χ3v) is 5.58. The molecular weight excluding hydrogens is 444 g/mol. The number of benzene rings is 1. The highest BCUT2D eigenvalue weighted by molar-refractivity contribution is 5.91. The van der Waals surface area contributed by atoms with Gasteiger partial charge in [-0.25, -0.2) is 14.6 Å². The maximum Gasteiger partial charge on any atom is 0.178 e. The molecule has 4 aromatic heterocycles. The summed E-state index contributed by atoms with van der Waals surface area (Å²) in [5.74, 6) is 0.449. The maximum absolute atomic E-state index is 10.3. The quantitative estimate of drug-likeness (QED) is 0.388. The molecule has 0 amide bonds. The van der Waals surface area contributed by atoms with Gasteiger partial charge in [0.1, 0.15) is 23.1 Å². The first-order valence-corrected chi connectivity index (χ1v) is 10.9. The van der Waals surface area contributed by atoms with Crippen LogP contribution in [0.3, 0.4) is 0 Å². The van der Waals surface area contributed by atoms with Crippen molar-refractivity contribution in [3.8, 4) is 34.3 Å². The van der Waals surface area contributed by atoms with Crippen LogP contribution in [0.4, 0.5) is 0 Å². The van der Waals surface area contributed by atoms with E-state index in [9.17, 15) is 10.4 Å². The van der Waals surface area contributed by atoms with E-state index >= 15 is 0 Å². The van der Waals surface area contributed by atoms with Crippen molar-refractivity contribution in [2.75, 3.05) is 7.11 Å². The van der Waals surface area contributed by atoms with Crippen molar-refractivity contribution in [3.63, 3.8) is 0 Å². The second kappa shape index (κ2) is 8.62. The van der Waals surface area contributed by atoms with Crippen molar-refractivity contribution in [1.29, 1.82) is 5.26 Å². The minimum absolute atomic E-state index is 0.388. The van der Waals surface area contributed by atoms with Crippen molar-refractivity contribution < 1.29 is 9.84 Å². The Hall–Kier alpha value is -4.62. The lowest BCUT2D eigenvalue weighted by molar-refractivity contribution is 0.0736. The molecule has 0 saturated carbocycles. The van der Waals surface area contributed by atoms with E-state index in [2.05, 4.69) is 36.3 Å². The van der Waals surface area contributed by atoms with Crippen molar-refractivity contribution in [1.82, 2.24) is 34.9 Å². The molecule has 5 rings (SSSR count). The zero-order valence-corrected chi connectivity index (χ0v) is 19.4. The van der Waals surface area contributed by atoms with Gasteiger partial charge >= 0.3 is 0 Å². The van der Waals surface area contributed by atoms with Crippen LogP contribution in [0.1, 0.15) is 30.8 Å². The lowest BCUT2D eigenvalue weighted by Crippen LogP contribution is -2.18. The SMILES string of the molecule is COc1c(C#N)cccc1-c1cc(-c2cn(Cc3cccc(C(C)(C)O)n3)nn2)c2[nH]cnc2n1. The molecule has 174 valence electrons. The van der Waals surface area contributed by atoms with E-state index in [0.717, 1.165) is 16.8 Å². The number of hydrogen-bond donors (Lipinski definition) is 2. The molecule has 10 nitrogen and oxygen atoms in total. The van der Waals surface area contributed by atoms with Gasteiger partial charge in [-0.1, -0.05) is 17.3 Å². The summed E-state index contributed by atoms with van der Waals surface area (Å²) in [6.45, 7) is 3.79. The highest BCUT2D eigenvalue weighted by atomic mass is 16.5. The maximum atomic E-state index is 10.3. The molecule has 0 unspecified atom stereocenters. The van der Waals surface area contributed by atoms with Gasteiger partial charge in [0.05, 0.1) is 54.3 Å². The fourth-order valence-corrected chi connectivity index (χ4v) is 3.89. The average Bonchev–Trinajstić information content (AvgIpc) is 3.52. The first-order chi connectivity index (χ1) is 16.9. The Balaban J connectivity index is 1.55. The van der Waals surface area contributed by atoms with Crippen LogP contribution in [-0.2, 0) is 12.1 Å². The molecule has 0 saturated heterocycles. The Morgan fingerprint density at radius 1 is 1.11 bits per heavy atom. The van der Waals surface area contributed by atoms with Crippen molar-refractivity contribution in [2.45, 2.75) is 26.0 Å². The number of nitrogens with zero attached hydrogens (tertiary/aromatic N) is 7. The van der Waals surface area contributed by atoms with Crippen LogP contribution in [0.2, 0.25) is 0 Å². The molecule has 1 aromatic carbocycles. The van der Waals surface area contributed by atoms with Crippen molar-refractivity contribution >= 4 is 11.2 Å². The molecule has 0 fully saturated rings. The number of pyridine rings is 2. The Bertz CT molecular complexity index is 1570. The van der Waals surface area contributed by atoms with Gasteiger partial charge in [-0.05, 0) is 44.2 Å². The molecule has 0 aliphatic carbocycles. The number of imidazole rings is 1. The summed E-state index contributed by atoms with van der Waals surface area (Å²) in [5.41, 5.74) is 4.61. The minimum Gasteiger partial charge on any atom is -0.495 e. The minimum atomic E-state index is -1.03. The smallest absolute Gasteiger partial charge is 0.178 e. The molecule has 0 aliphatic rings. The molecule has 2 N–H and O–H groups in total. The number of aromatic nitrogens is 7.